The first kappa shape index (κ1) is 16.1. The number of carbonyl (C=O) groups excluding carboxylic acids is 1. The minimum atomic E-state index is -0.967. The monoisotopic (exact) mass is 310 g/mol. The lowest BCUT2D eigenvalue weighted by molar-refractivity contribution is -0.141. The molecule has 2 rings (SSSR count). The van der Waals surface area contributed by atoms with Crippen LogP contribution in [0.3, 0.4) is 0 Å². The third-order valence-electron chi connectivity index (χ3n) is 3.68. The van der Waals surface area contributed by atoms with Crippen LogP contribution >= 0.6 is 0 Å². The van der Waals surface area contributed by atoms with E-state index < -0.39 is 11.8 Å². The zero-order valence-electron chi connectivity index (χ0n) is 12.4. The summed E-state index contributed by atoms with van der Waals surface area (Å²) in [5, 5.41) is 8.60. The summed E-state index contributed by atoms with van der Waals surface area (Å²) in [7, 11) is 1.42. The molecule has 0 bridgehead atoms. The van der Waals surface area contributed by atoms with Gasteiger partial charge < -0.3 is 19.6 Å². The van der Waals surface area contributed by atoms with Crippen LogP contribution in [0, 0.1) is 5.82 Å². The van der Waals surface area contributed by atoms with Crippen LogP contribution in [0.15, 0.2) is 18.2 Å². The fourth-order valence-corrected chi connectivity index (χ4v) is 2.43. The van der Waals surface area contributed by atoms with Crippen molar-refractivity contribution in [2.24, 2.45) is 0 Å². The SMILES string of the molecule is COc1cc(N2CCN(C(=O)CCC(=O)O)CC2)ccc1F. The molecule has 7 heteroatoms. The van der Waals surface area contributed by atoms with Crippen molar-refractivity contribution in [2.75, 3.05) is 38.2 Å². The molecule has 1 heterocycles. The molecular formula is C15H19FN2O4. The predicted molar refractivity (Wildman–Crippen MR) is 78.6 cm³/mol. The summed E-state index contributed by atoms with van der Waals surface area (Å²) in [6.45, 7) is 2.29. The number of hydrogen-bond donors (Lipinski definition) is 1. The second-order valence-corrected chi connectivity index (χ2v) is 5.08. The Bertz CT molecular complexity index is 556. The lowest BCUT2D eigenvalue weighted by Crippen LogP contribution is -2.48. The summed E-state index contributed by atoms with van der Waals surface area (Å²) in [6, 6.07) is 4.68. The molecule has 1 aliphatic rings. The maximum absolute atomic E-state index is 13.4. The molecular weight excluding hydrogens is 291 g/mol. The zero-order chi connectivity index (χ0) is 16.1. The molecule has 0 aliphatic carbocycles. The molecule has 1 N–H and O–H groups in total. The summed E-state index contributed by atoms with van der Waals surface area (Å²) in [6.07, 6.45) is -0.117. The number of carbonyl (C=O) groups is 2. The number of aliphatic carboxylic acids is 1. The Morgan fingerprint density at radius 1 is 1.23 bits per heavy atom. The highest BCUT2D eigenvalue weighted by Gasteiger charge is 2.22. The van der Waals surface area contributed by atoms with E-state index in [1.54, 1.807) is 17.0 Å². The number of benzene rings is 1. The van der Waals surface area contributed by atoms with E-state index >= 15 is 0 Å². The van der Waals surface area contributed by atoms with E-state index in [2.05, 4.69) is 0 Å². The van der Waals surface area contributed by atoms with Crippen LogP contribution in [0.4, 0.5) is 10.1 Å². The Hall–Kier alpha value is -2.31. The number of hydrogen-bond acceptors (Lipinski definition) is 4. The highest BCUT2D eigenvalue weighted by Crippen LogP contribution is 2.25. The van der Waals surface area contributed by atoms with Gasteiger partial charge >= 0.3 is 5.97 Å². The van der Waals surface area contributed by atoms with Crippen LogP contribution in [-0.4, -0.2) is 55.2 Å². The molecule has 0 aromatic heterocycles. The average molecular weight is 310 g/mol. The van der Waals surface area contributed by atoms with Gasteiger partial charge in [-0.05, 0) is 12.1 Å². The van der Waals surface area contributed by atoms with Gasteiger partial charge in [-0.1, -0.05) is 0 Å². The predicted octanol–water partition coefficient (Wildman–Crippen LogP) is 1.35. The zero-order valence-corrected chi connectivity index (χ0v) is 12.4. The quantitative estimate of drug-likeness (QED) is 0.889. The van der Waals surface area contributed by atoms with Crippen molar-refractivity contribution >= 4 is 17.6 Å². The third-order valence-corrected chi connectivity index (χ3v) is 3.68. The number of anilines is 1. The van der Waals surface area contributed by atoms with Gasteiger partial charge in [-0.15, -0.1) is 0 Å². The van der Waals surface area contributed by atoms with Gasteiger partial charge in [-0.3, -0.25) is 9.59 Å². The second kappa shape index (κ2) is 7.11. The lowest BCUT2D eigenvalue weighted by Gasteiger charge is -2.36. The Morgan fingerprint density at radius 2 is 1.91 bits per heavy atom. The number of carboxylic acid groups (broad SMARTS) is 1. The van der Waals surface area contributed by atoms with Crippen molar-refractivity contribution in [1.82, 2.24) is 4.90 Å². The average Bonchev–Trinajstić information content (AvgIpc) is 2.53. The molecule has 6 nitrogen and oxygen atoms in total. The van der Waals surface area contributed by atoms with Gasteiger partial charge in [0.1, 0.15) is 0 Å². The summed E-state index contributed by atoms with van der Waals surface area (Å²) < 4.78 is 18.4. The van der Waals surface area contributed by atoms with Gasteiger partial charge in [-0.2, -0.15) is 0 Å². The number of methoxy groups -OCH3 is 1. The summed E-state index contributed by atoms with van der Waals surface area (Å²) in [5.41, 5.74) is 0.843. The maximum atomic E-state index is 13.4. The van der Waals surface area contributed by atoms with Crippen molar-refractivity contribution in [3.8, 4) is 5.75 Å². The van der Waals surface area contributed by atoms with Crippen molar-refractivity contribution in [1.29, 1.82) is 0 Å². The number of nitrogens with zero attached hydrogens (tertiary/aromatic N) is 2. The van der Waals surface area contributed by atoms with Crippen LogP contribution in [-0.2, 0) is 9.59 Å². The maximum Gasteiger partial charge on any atom is 0.303 e. The van der Waals surface area contributed by atoms with Crippen LogP contribution in [0.5, 0.6) is 5.75 Å². The molecule has 0 spiro atoms. The second-order valence-electron chi connectivity index (χ2n) is 5.08. The van der Waals surface area contributed by atoms with Crippen molar-refractivity contribution < 1.29 is 23.8 Å². The topological polar surface area (TPSA) is 70.1 Å². The van der Waals surface area contributed by atoms with E-state index in [1.165, 1.54) is 13.2 Å². The van der Waals surface area contributed by atoms with E-state index in [-0.39, 0.29) is 24.5 Å². The normalized spacial score (nSPS) is 14.8. The Morgan fingerprint density at radius 3 is 2.50 bits per heavy atom. The molecule has 1 amide bonds. The smallest absolute Gasteiger partial charge is 0.303 e. The molecule has 120 valence electrons. The van der Waals surface area contributed by atoms with Gasteiger partial charge in [0, 0.05) is 44.4 Å². The minimum absolute atomic E-state index is 0.0275. The van der Waals surface area contributed by atoms with E-state index in [0.29, 0.717) is 26.2 Å². The molecule has 1 saturated heterocycles. The molecule has 1 aromatic rings. The molecule has 0 atom stereocenters. The van der Waals surface area contributed by atoms with E-state index in [0.717, 1.165) is 5.69 Å². The largest absolute Gasteiger partial charge is 0.494 e. The fourth-order valence-electron chi connectivity index (χ4n) is 2.43. The lowest BCUT2D eigenvalue weighted by atomic mass is 10.2. The number of ether oxygens (including phenoxy) is 1. The van der Waals surface area contributed by atoms with Gasteiger partial charge in [0.15, 0.2) is 11.6 Å². The van der Waals surface area contributed by atoms with Crippen LogP contribution in [0.2, 0.25) is 0 Å². The third kappa shape index (κ3) is 3.87. The van der Waals surface area contributed by atoms with Crippen LogP contribution in [0.25, 0.3) is 0 Å². The van der Waals surface area contributed by atoms with Gasteiger partial charge in [0.05, 0.1) is 13.5 Å². The van der Waals surface area contributed by atoms with Crippen LogP contribution in [0.1, 0.15) is 12.8 Å². The Balaban J connectivity index is 1.91. The molecule has 0 radical (unpaired) electrons. The van der Waals surface area contributed by atoms with Gasteiger partial charge in [-0.25, -0.2) is 4.39 Å². The number of amides is 1. The minimum Gasteiger partial charge on any atom is -0.494 e. The first-order valence-corrected chi connectivity index (χ1v) is 7.09. The fraction of sp³-hybridized carbons (Fsp3) is 0.467. The first-order chi connectivity index (χ1) is 10.5. The van der Waals surface area contributed by atoms with E-state index in [1.807, 2.05) is 4.90 Å². The molecule has 1 fully saturated rings. The Kier molecular flexibility index (Phi) is 5.19. The molecule has 0 saturated carbocycles. The first-order valence-electron chi connectivity index (χ1n) is 7.09. The number of halogens is 1. The summed E-state index contributed by atoms with van der Waals surface area (Å²) in [5.74, 6) is -1.32. The molecule has 22 heavy (non-hydrogen) atoms. The summed E-state index contributed by atoms with van der Waals surface area (Å²) >= 11 is 0. The van der Waals surface area contributed by atoms with Crippen molar-refractivity contribution in [3.63, 3.8) is 0 Å². The van der Waals surface area contributed by atoms with E-state index in [4.69, 9.17) is 9.84 Å². The Labute approximate surface area is 128 Å². The van der Waals surface area contributed by atoms with Gasteiger partial charge in [0.2, 0.25) is 5.91 Å². The number of carboxylic acids is 1. The summed E-state index contributed by atoms with van der Waals surface area (Å²) in [4.78, 5) is 26.1. The molecule has 0 unspecified atom stereocenters. The molecule has 1 aliphatic heterocycles. The van der Waals surface area contributed by atoms with Crippen molar-refractivity contribution in [2.45, 2.75) is 12.8 Å². The van der Waals surface area contributed by atoms with Crippen LogP contribution < -0.4 is 9.64 Å². The van der Waals surface area contributed by atoms with Gasteiger partial charge in [0.25, 0.3) is 0 Å². The number of piperazine rings is 1. The number of rotatable bonds is 5. The van der Waals surface area contributed by atoms with Crippen molar-refractivity contribution in [3.05, 3.63) is 24.0 Å². The van der Waals surface area contributed by atoms with E-state index in [9.17, 15) is 14.0 Å². The highest BCUT2D eigenvalue weighted by molar-refractivity contribution is 5.81. The highest BCUT2D eigenvalue weighted by atomic mass is 19.1. The molecule has 1 aromatic carbocycles. The standard InChI is InChI=1S/C15H19FN2O4/c1-22-13-10-11(2-3-12(13)16)17-6-8-18(9-7-17)14(19)4-5-15(20)21/h2-3,10H,4-9H2,1H3,(H,20,21).